The minimum atomic E-state index is 0.505. The van der Waals surface area contributed by atoms with E-state index in [2.05, 4.69) is 42.5 Å². The Labute approximate surface area is 103 Å². The number of hydrogen-bond acceptors (Lipinski definition) is 2. The minimum Gasteiger partial charge on any atom is -0.310 e. The molecule has 0 spiro atoms. The van der Waals surface area contributed by atoms with Gasteiger partial charge in [-0.1, -0.05) is 23.7 Å². The van der Waals surface area contributed by atoms with Crippen molar-refractivity contribution >= 4 is 11.6 Å². The Morgan fingerprint density at radius 3 is 2.81 bits per heavy atom. The van der Waals surface area contributed by atoms with Gasteiger partial charge in [0.1, 0.15) is 0 Å². The number of rotatable bonds is 3. The zero-order valence-electron chi connectivity index (χ0n) is 9.96. The molecule has 1 unspecified atom stereocenters. The average molecular weight is 239 g/mol. The first-order valence-electron chi connectivity index (χ1n) is 5.83. The van der Waals surface area contributed by atoms with E-state index < -0.39 is 0 Å². The molecule has 1 aliphatic heterocycles. The predicted octanol–water partition coefficient (Wildman–Crippen LogP) is 2.83. The third-order valence-corrected chi connectivity index (χ3v) is 3.38. The molecule has 88 valence electrons. The van der Waals surface area contributed by atoms with Crippen molar-refractivity contribution in [3.8, 4) is 0 Å². The van der Waals surface area contributed by atoms with Crippen molar-refractivity contribution in [2.75, 3.05) is 20.6 Å². The Balaban J connectivity index is 2.15. The van der Waals surface area contributed by atoms with Gasteiger partial charge in [-0.25, -0.2) is 0 Å². The van der Waals surface area contributed by atoms with E-state index in [-0.39, 0.29) is 0 Å². The molecule has 3 heteroatoms. The maximum absolute atomic E-state index is 6.30. The second-order valence-electron chi connectivity index (χ2n) is 4.74. The molecule has 0 saturated carbocycles. The molecular formula is C13H19ClN2. The van der Waals surface area contributed by atoms with Crippen LogP contribution in [0.15, 0.2) is 18.2 Å². The van der Waals surface area contributed by atoms with Crippen LogP contribution in [-0.2, 0) is 6.54 Å². The minimum absolute atomic E-state index is 0.505. The van der Waals surface area contributed by atoms with Gasteiger partial charge >= 0.3 is 0 Å². The zero-order valence-corrected chi connectivity index (χ0v) is 10.7. The highest BCUT2D eigenvalue weighted by Gasteiger charge is 2.16. The Bertz CT molecular complexity index is 357. The highest BCUT2D eigenvalue weighted by atomic mass is 35.5. The number of benzene rings is 1. The molecule has 1 atom stereocenters. The normalized spacial score (nSPS) is 20.6. The van der Waals surface area contributed by atoms with E-state index in [9.17, 15) is 0 Å². The third kappa shape index (κ3) is 2.76. The fourth-order valence-corrected chi connectivity index (χ4v) is 2.47. The summed E-state index contributed by atoms with van der Waals surface area (Å²) in [6.45, 7) is 2.03. The van der Waals surface area contributed by atoms with Gasteiger partial charge in [0.2, 0.25) is 0 Å². The molecule has 0 amide bonds. The Morgan fingerprint density at radius 1 is 1.44 bits per heavy atom. The largest absolute Gasteiger partial charge is 0.310 e. The molecule has 1 aliphatic rings. The van der Waals surface area contributed by atoms with Crippen molar-refractivity contribution in [1.82, 2.24) is 10.2 Å². The maximum atomic E-state index is 6.30. The van der Waals surface area contributed by atoms with Gasteiger partial charge in [0.25, 0.3) is 0 Å². The lowest BCUT2D eigenvalue weighted by atomic mass is 10.0. The SMILES string of the molecule is CN(C)Cc1ccc(C2CCCN2)cc1Cl. The summed E-state index contributed by atoms with van der Waals surface area (Å²) in [6, 6.07) is 6.97. The average Bonchev–Trinajstić information content (AvgIpc) is 2.73. The lowest BCUT2D eigenvalue weighted by Crippen LogP contribution is -2.14. The van der Waals surface area contributed by atoms with Crippen LogP contribution in [0.25, 0.3) is 0 Å². The lowest BCUT2D eigenvalue weighted by Gasteiger charge is -2.15. The molecule has 0 aromatic heterocycles. The van der Waals surface area contributed by atoms with Crippen LogP contribution < -0.4 is 5.32 Å². The molecule has 1 aromatic carbocycles. The van der Waals surface area contributed by atoms with E-state index >= 15 is 0 Å². The van der Waals surface area contributed by atoms with Gasteiger partial charge in [-0.05, 0) is 50.7 Å². The van der Waals surface area contributed by atoms with Crippen LogP contribution in [0.4, 0.5) is 0 Å². The summed E-state index contributed by atoms with van der Waals surface area (Å²) in [7, 11) is 4.12. The molecular weight excluding hydrogens is 220 g/mol. The summed E-state index contributed by atoms with van der Waals surface area (Å²) in [5.41, 5.74) is 2.53. The van der Waals surface area contributed by atoms with Crippen LogP contribution in [0, 0.1) is 0 Å². The van der Waals surface area contributed by atoms with Crippen molar-refractivity contribution in [2.45, 2.75) is 25.4 Å². The van der Waals surface area contributed by atoms with Crippen LogP contribution in [-0.4, -0.2) is 25.5 Å². The Kier molecular flexibility index (Phi) is 3.85. The van der Waals surface area contributed by atoms with Gasteiger partial charge in [-0.3, -0.25) is 0 Å². The standard InChI is InChI=1S/C13H19ClN2/c1-16(2)9-11-6-5-10(8-12(11)14)13-4-3-7-15-13/h5-6,8,13,15H,3-4,7,9H2,1-2H3. The topological polar surface area (TPSA) is 15.3 Å². The molecule has 0 aliphatic carbocycles. The first kappa shape index (κ1) is 11.9. The van der Waals surface area contributed by atoms with Crippen LogP contribution in [0.5, 0.6) is 0 Å². The van der Waals surface area contributed by atoms with E-state index in [4.69, 9.17) is 11.6 Å². The van der Waals surface area contributed by atoms with Gasteiger partial charge in [-0.2, -0.15) is 0 Å². The fraction of sp³-hybridized carbons (Fsp3) is 0.538. The molecule has 2 nitrogen and oxygen atoms in total. The second-order valence-corrected chi connectivity index (χ2v) is 5.14. The molecule has 1 N–H and O–H groups in total. The molecule has 1 fully saturated rings. The van der Waals surface area contributed by atoms with Gasteiger partial charge in [0, 0.05) is 17.6 Å². The molecule has 0 radical (unpaired) electrons. The summed E-state index contributed by atoms with van der Waals surface area (Å²) in [5.74, 6) is 0. The molecule has 1 aromatic rings. The smallest absolute Gasteiger partial charge is 0.0454 e. The molecule has 0 bridgehead atoms. The van der Waals surface area contributed by atoms with E-state index in [0.29, 0.717) is 6.04 Å². The quantitative estimate of drug-likeness (QED) is 0.871. The lowest BCUT2D eigenvalue weighted by molar-refractivity contribution is 0.402. The van der Waals surface area contributed by atoms with Crippen molar-refractivity contribution < 1.29 is 0 Å². The Hall–Kier alpha value is -0.570. The molecule has 1 saturated heterocycles. The summed E-state index contributed by atoms with van der Waals surface area (Å²) >= 11 is 6.30. The van der Waals surface area contributed by atoms with Crippen LogP contribution >= 0.6 is 11.6 Å². The summed E-state index contributed by atoms with van der Waals surface area (Å²) in [6.07, 6.45) is 2.49. The predicted molar refractivity (Wildman–Crippen MR) is 68.8 cm³/mol. The van der Waals surface area contributed by atoms with E-state index in [1.54, 1.807) is 0 Å². The van der Waals surface area contributed by atoms with Gasteiger partial charge in [0.05, 0.1) is 0 Å². The van der Waals surface area contributed by atoms with Gasteiger partial charge < -0.3 is 10.2 Å². The van der Waals surface area contributed by atoms with E-state index in [1.807, 2.05) is 0 Å². The number of nitrogens with one attached hydrogen (secondary N) is 1. The zero-order chi connectivity index (χ0) is 11.5. The highest BCUT2D eigenvalue weighted by Crippen LogP contribution is 2.27. The first-order chi connectivity index (χ1) is 7.66. The molecule has 16 heavy (non-hydrogen) atoms. The van der Waals surface area contributed by atoms with Gasteiger partial charge in [0.15, 0.2) is 0 Å². The maximum Gasteiger partial charge on any atom is 0.0454 e. The second kappa shape index (κ2) is 5.17. The van der Waals surface area contributed by atoms with Crippen LogP contribution in [0.3, 0.4) is 0 Å². The highest BCUT2D eigenvalue weighted by molar-refractivity contribution is 6.31. The number of halogens is 1. The van der Waals surface area contributed by atoms with Gasteiger partial charge in [-0.15, -0.1) is 0 Å². The summed E-state index contributed by atoms with van der Waals surface area (Å²) < 4.78 is 0. The third-order valence-electron chi connectivity index (χ3n) is 3.03. The fourth-order valence-electron chi connectivity index (χ4n) is 2.22. The van der Waals surface area contributed by atoms with E-state index in [1.165, 1.54) is 24.0 Å². The van der Waals surface area contributed by atoms with Crippen molar-refractivity contribution in [1.29, 1.82) is 0 Å². The van der Waals surface area contributed by atoms with Crippen molar-refractivity contribution in [3.05, 3.63) is 34.3 Å². The van der Waals surface area contributed by atoms with E-state index in [0.717, 1.165) is 18.1 Å². The van der Waals surface area contributed by atoms with Crippen molar-refractivity contribution in [3.63, 3.8) is 0 Å². The molecule has 1 heterocycles. The molecule has 2 rings (SSSR count). The summed E-state index contributed by atoms with van der Waals surface area (Å²) in [4.78, 5) is 2.13. The number of nitrogens with zero attached hydrogens (tertiary/aromatic N) is 1. The van der Waals surface area contributed by atoms with Crippen LogP contribution in [0.2, 0.25) is 5.02 Å². The van der Waals surface area contributed by atoms with Crippen LogP contribution in [0.1, 0.15) is 30.0 Å². The first-order valence-corrected chi connectivity index (χ1v) is 6.21. The number of hydrogen-bond donors (Lipinski definition) is 1. The Morgan fingerprint density at radius 2 is 2.25 bits per heavy atom. The monoisotopic (exact) mass is 238 g/mol. The van der Waals surface area contributed by atoms with Crippen molar-refractivity contribution in [2.24, 2.45) is 0 Å². The summed E-state index contributed by atoms with van der Waals surface area (Å²) in [5, 5.41) is 4.38.